The van der Waals surface area contributed by atoms with Crippen molar-refractivity contribution in [3.63, 3.8) is 0 Å². The van der Waals surface area contributed by atoms with Crippen LogP contribution in [0.5, 0.6) is 5.75 Å². The first-order chi connectivity index (χ1) is 12.0. The fourth-order valence-electron chi connectivity index (χ4n) is 2.91. The van der Waals surface area contributed by atoms with Crippen molar-refractivity contribution < 1.29 is 9.53 Å². The zero-order chi connectivity index (χ0) is 18.0. The standard InChI is InChI=1S/C20H21N3O2/c1-13-11-21-18(14(2)19(13)25-4)12-23(3)20(24)17-10-9-15-7-5-6-8-16(15)22-17/h5-11H,12H2,1-4H3. The molecule has 0 bridgehead atoms. The van der Waals surface area contributed by atoms with Crippen LogP contribution >= 0.6 is 0 Å². The molecule has 0 saturated heterocycles. The number of aryl methyl sites for hydroxylation is 1. The number of methoxy groups -OCH3 is 1. The molecule has 2 aromatic heterocycles. The van der Waals surface area contributed by atoms with E-state index in [2.05, 4.69) is 9.97 Å². The molecule has 3 aromatic rings. The molecule has 25 heavy (non-hydrogen) atoms. The van der Waals surface area contributed by atoms with Gasteiger partial charge in [0.05, 0.1) is 24.9 Å². The van der Waals surface area contributed by atoms with Crippen LogP contribution in [0.25, 0.3) is 10.9 Å². The summed E-state index contributed by atoms with van der Waals surface area (Å²) in [6, 6.07) is 11.4. The number of pyridine rings is 2. The minimum atomic E-state index is -0.133. The number of carbonyl (C=O) groups excluding carboxylic acids is 1. The van der Waals surface area contributed by atoms with E-state index in [1.165, 1.54) is 0 Å². The molecule has 0 atom stereocenters. The van der Waals surface area contributed by atoms with Crippen molar-refractivity contribution in [3.8, 4) is 5.75 Å². The summed E-state index contributed by atoms with van der Waals surface area (Å²) in [7, 11) is 3.40. The van der Waals surface area contributed by atoms with Crippen molar-refractivity contribution in [2.24, 2.45) is 0 Å². The molecule has 128 valence electrons. The highest BCUT2D eigenvalue weighted by molar-refractivity contribution is 5.94. The van der Waals surface area contributed by atoms with Gasteiger partial charge in [-0.15, -0.1) is 0 Å². The highest BCUT2D eigenvalue weighted by atomic mass is 16.5. The number of aromatic nitrogens is 2. The normalized spacial score (nSPS) is 10.7. The van der Waals surface area contributed by atoms with E-state index in [4.69, 9.17) is 4.74 Å². The molecule has 2 heterocycles. The molecule has 0 N–H and O–H groups in total. The summed E-state index contributed by atoms with van der Waals surface area (Å²) in [5.74, 6) is 0.682. The molecular weight excluding hydrogens is 314 g/mol. The Kier molecular flexibility index (Phi) is 4.65. The first-order valence-electron chi connectivity index (χ1n) is 8.11. The zero-order valence-corrected chi connectivity index (χ0v) is 14.9. The lowest BCUT2D eigenvalue weighted by molar-refractivity contribution is 0.0777. The lowest BCUT2D eigenvalue weighted by Gasteiger charge is -2.19. The van der Waals surface area contributed by atoms with Gasteiger partial charge in [0.25, 0.3) is 5.91 Å². The Labute approximate surface area is 147 Å². The zero-order valence-electron chi connectivity index (χ0n) is 14.9. The number of rotatable bonds is 4. The van der Waals surface area contributed by atoms with Gasteiger partial charge in [0.2, 0.25) is 0 Å². The predicted octanol–water partition coefficient (Wildman–Crippen LogP) is 3.53. The Balaban J connectivity index is 1.85. The van der Waals surface area contributed by atoms with Crippen LogP contribution in [0, 0.1) is 13.8 Å². The SMILES string of the molecule is COc1c(C)cnc(CN(C)C(=O)c2ccc3ccccc3n2)c1C. The molecule has 0 aliphatic carbocycles. The molecule has 5 nitrogen and oxygen atoms in total. The average Bonchev–Trinajstić information content (AvgIpc) is 2.63. The molecular formula is C20H21N3O2. The van der Waals surface area contributed by atoms with E-state index < -0.39 is 0 Å². The molecule has 1 aromatic carbocycles. The summed E-state index contributed by atoms with van der Waals surface area (Å²) in [5, 5.41) is 1.02. The van der Waals surface area contributed by atoms with E-state index in [0.717, 1.165) is 33.5 Å². The maximum atomic E-state index is 12.7. The number of nitrogens with zero attached hydrogens (tertiary/aromatic N) is 3. The molecule has 0 aliphatic heterocycles. The van der Waals surface area contributed by atoms with Crippen LogP contribution in [0.15, 0.2) is 42.6 Å². The van der Waals surface area contributed by atoms with Crippen LogP contribution in [0.3, 0.4) is 0 Å². The van der Waals surface area contributed by atoms with Crippen molar-refractivity contribution >= 4 is 16.8 Å². The molecule has 3 rings (SSSR count). The molecule has 0 saturated carbocycles. The monoisotopic (exact) mass is 335 g/mol. The summed E-state index contributed by atoms with van der Waals surface area (Å²) < 4.78 is 5.44. The molecule has 0 fully saturated rings. The number of amides is 1. The van der Waals surface area contributed by atoms with E-state index >= 15 is 0 Å². The van der Waals surface area contributed by atoms with Crippen LogP contribution < -0.4 is 4.74 Å². The third-order valence-electron chi connectivity index (χ3n) is 4.30. The summed E-state index contributed by atoms with van der Waals surface area (Å²) in [6.07, 6.45) is 1.77. The Hall–Kier alpha value is -2.95. The third kappa shape index (κ3) is 3.31. The van der Waals surface area contributed by atoms with Gasteiger partial charge in [-0.25, -0.2) is 4.98 Å². The van der Waals surface area contributed by atoms with Crippen molar-refractivity contribution in [2.45, 2.75) is 20.4 Å². The third-order valence-corrected chi connectivity index (χ3v) is 4.30. The number of benzene rings is 1. The Morgan fingerprint density at radius 1 is 1.16 bits per heavy atom. The first kappa shape index (κ1) is 16.9. The summed E-state index contributed by atoms with van der Waals surface area (Å²) >= 11 is 0. The average molecular weight is 335 g/mol. The van der Waals surface area contributed by atoms with E-state index in [-0.39, 0.29) is 5.91 Å². The maximum Gasteiger partial charge on any atom is 0.272 e. The van der Waals surface area contributed by atoms with Gasteiger partial charge in [-0.3, -0.25) is 9.78 Å². The molecule has 0 unspecified atom stereocenters. The number of carbonyl (C=O) groups is 1. The highest BCUT2D eigenvalue weighted by Crippen LogP contribution is 2.24. The molecule has 0 radical (unpaired) electrons. The van der Waals surface area contributed by atoms with Crippen LogP contribution in [0.4, 0.5) is 0 Å². The predicted molar refractivity (Wildman–Crippen MR) is 97.8 cm³/mol. The Morgan fingerprint density at radius 3 is 2.68 bits per heavy atom. The summed E-state index contributed by atoms with van der Waals surface area (Å²) in [4.78, 5) is 23.3. The number of hydrogen-bond acceptors (Lipinski definition) is 4. The van der Waals surface area contributed by atoms with E-state index in [0.29, 0.717) is 12.2 Å². The summed E-state index contributed by atoms with van der Waals surface area (Å²) in [5.41, 5.74) is 3.99. The first-order valence-corrected chi connectivity index (χ1v) is 8.11. The molecule has 0 spiro atoms. The second-order valence-electron chi connectivity index (χ2n) is 6.10. The van der Waals surface area contributed by atoms with Crippen LogP contribution in [0.2, 0.25) is 0 Å². The van der Waals surface area contributed by atoms with Gasteiger partial charge in [0.1, 0.15) is 11.4 Å². The van der Waals surface area contributed by atoms with Gasteiger partial charge < -0.3 is 9.64 Å². The van der Waals surface area contributed by atoms with Gasteiger partial charge in [-0.2, -0.15) is 0 Å². The van der Waals surface area contributed by atoms with E-state index in [9.17, 15) is 4.79 Å². The smallest absolute Gasteiger partial charge is 0.272 e. The minimum Gasteiger partial charge on any atom is -0.496 e. The van der Waals surface area contributed by atoms with Crippen LogP contribution in [-0.2, 0) is 6.54 Å². The largest absolute Gasteiger partial charge is 0.496 e. The second-order valence-corrected chi connectivity index (χ2v) is 6.10. The van der Waals surface area contributed by atoms with Crippen molar-refractivity contribution in [2.75, 3.05) is 14.2 Å². The van der Waals surface area contributed by atoms with Crippen molar-refractivity contribution in [1.29, 1.82) is 0 Å². The van der Waals surface area contributed by atoms with Crippen molar-refractivity contribution in [1.82, 2.24) is 14.9 Å². The van der Waals surface area contributed by atoms with Gasteiger partial charge >= 0.3 is 0 Å². The molecule has 0 aliphatic rings. The molecule has 5 heteroatoms. The second kappa shape index (κ2) is 6.89. The van der Waals surface area contributed by atoms with Crippen molar-refractivity contribution in [3.05, 3.63) is 65.1 Å². The number of para-hydroxylation sites is 1. The van der Waals surface area contributed by atoms with Gasteiger partial charge in [0, 0.05) is 29.8 Å². The fraction of sp³-hybridized carbons (Fsp3) is 0.250. The maximum absolute atomic E-state index is 12.7. The number of hydrogen-bond donors (Lipinski definition) is 0. The minimum absolute atomic E-state index is 0.133. The number of ether oxygens (including phenoxy) is 1. The van der Waals surface area contributed by atoms with E-state index in [1.807, 2.05) is 44.2 Å². The Bertz CT molecular complexity index is 937. The Morgan fingerprint density at radius 2 is 1.92 bits per heavy atom. The van der Waals surface area contributed by atoms with Gasteiger partial charge in [0.15, 0.2) is 0 Å². The van der Waals surface area contributed by atoms with Gasteiger partial charge in [-0.05, 0) is 26.0 Å². The summed E-state index contributed by atoms with van der Waals surface area (Å²) in [6.45, 7) is 4.31. The van der Waals surface area contributed by atoms with Gasteiger partial charge in [-0.1, -0.05) is 24.3 Å². The number of fused-ring (bicyclic) bond motifs is 1. The van der Waals surface area contributed by atoms with E-state index in [1.54, 1.807) is 31.3 Å². The fourth-order valence-corrected chi connectivity index (χ4v) is 2.91. The lowest BCUT2D eigenvalue weighted by Crippen LogP contribution is -2.28. The van der Waals surface area contributed by atoms with Crippen LogP contribution in [0.1, 0.15) is 27.3 Å². The highest BCUT2D eigenvalue weighted by Gasteiger charge is 2.17. The lowest BCUT2D eigenvalue weighted by atomic mass is 10.1. The molecule has 1 amide bonds. The topological polar surface area (TPSA) is 55.3 Å². The van der Waals surface area contributed by atoms with Crippen LogP contribution in [-0.4, -0.2) is 34.9 Å². The quantitative estimate of drug-likeness (QED) is 0.732.